The Bertz CT molecular complexity index is 1630. The van der Waals surface area contributed by atoms with Gasteiger partial charge in [-0.05, 0) is 60.7 Å². The molecular formula is C28H22Br2F2N2O6. The number of methoxy groups -OCH3 is 2. The molecule has 0 saturated heterocycles. The molecule has 0 bridgehead atoms. The molecule has 0 spiro atoms. The third-order valence-electron chi connectivity index (χ3n) is 5.18. The number of aromatic nitrogens is 1. The van der Waals surface area contributed by atoms with Gasteiger partial charge in [0.1, 0.15) is 39.8 Å². The van der Waals surface area contributed by atoms with Crippen molar-refractivity contribution in [3.63, 3.8) is 0 Å². The van der Waals surface area contributed by atoms with Crippen LogP contribution in [-0.2, 0) is 0 Å². The fraction of sp³-hybridized carbons (Fsp3) is 0.0714. The maximum Gasteiger partial charge on any atom is 0.339 e. The number of halogens is 4. The Hall–Kier alpha value is -4.16. The van der Waals surface area contributed by atoms with Crippen LogP contribution in [0.25, 0.3) is 22.6 Å². The minimum atomic E-state index is -0.992. The molecule has 0 unspecified atom stereocenters. The van der Waals surface area contributed by atoms with Gasteiger partial charge in [0.15, 0.2) is 11.4 Å². The van der Waals surface area contributed by atoms with E-state index < -0.39 is 17.6 Å². The van der Waals surface area contributed by atoms with Gasteiger partial charge in [-0.15, -0.1) is 0 Å². The summed E-state index contributed by atoms with van der Waals surface area (Å²) in [6, 6.07) is 18.8. The zero-order chi connectivity index (χ0) is 29.4. The summed E-state index contributed by atoms with van der Waals surface area (Å²) in [6.07, 6.45) is 0. The number of benzene rings is 4. The lowest BCUT2D eigenvalue weighted by atomic mass is 10.2. The number of nitrogens with zero attached hydrogens (tertiary/aromatic N) is 1. The van der Waals surface area contributed by atoms with Gasteiger partial charge in [-0.2, -0.15) is 0 Å². The van der Waals surface area contributed by atoms with E-state index >= 15 is 0 Å². The fourth-order valence-corrected chi connectivity index (χ4v) is 3.97. The van der Waals surface area contributed by atoms with Crippen molar-refractivity contribution >= 4 is 54.6 Å². The van der Waals surface area contributed by atoms with Crippen LogP contribution in [0.15, 0.2) is 86.2 Å². The summed E-state index contributed by atoms with van der Waals surface area (Å²) in [6.45, 7) is 0. The Morgan fingerprint density at radius 2 is 1.50 bits per heavy atom. The average molecular weight is 680 g/mol. The van der Waals surface area contributed by atoms with Crippen LogP contribution in [0.4, 0.5) is 14.5 Å². The van der Waals surface area contributed by atoms with Gasteiger partial charge in [-0.3, -0.25) is 0 Å². The highest BCUT2D eigenvalue weighted by molar-refractivity contribution is 9.10. The van der Waals surface area contributed by atoms with Gasteiger partial charge in [0.05, 0.1) is 19.8 Å². The van der Waals surface area contributed by atoms with E-state index in [2.05, 4.69) is 36.8 Å². The van der Waals surface area contributed by atoms with E-state index in [0.29, 0.717) is 28.5 Å². The molecule has 5 aromatic rings. The number of phenolic OH excluding ortho intramolecular Hbond substituents is 1. The van der Waals surface area contributed by atoms with Crippen molar-refractivity contribution in [2.75, 3.05) is 20.0 Å². The number of nitrogen functional groups attached to an aromatic ring is 1. The van der Waals surface area contributed by atoms with Crippen molar-refractivity contribution < 1.29 is 37.7 Å². The molecule has 0 saturated carbocycles. The maximum absolute atomic E-state index is 13.6. The quantitative estimate of drug-likeness (QED) is 0.130. The number of carboxylic acid groups (broad SMARTS) is 1. The van der Waals surface area contributed by atoms with Crippen molar-refractivity contribution in [1.82, 2.24) is 4.98 Å². The number of hydrogen-bond acceptors (Lipinski definition) is 7. The Labute approximate surface area is 244 Å². The molecular weight excluding hydrogens is 658 g/mol. The zero-order valence-electron chi connectivity index (χ0n) is 21.0. The molecule has 1 aromatic heterocycles. The van der Waals surface area contributed by atoms with Gasteiger partial charge < -0.3 is 29.8 Å². The summed E-state index contributed by atoms with van der Waals surface area (Å²) in [5.74, 6) is -0.876. The first-order chi connectivity index (χ1) is 19.0. The number of rotatable bonds is 4. The van der Waals surface area contributed by atoms with Crippen LogP contribution in [0.3, 0.4) is 0 Å². The van der Waals surface area contributed by atoms with Gasteiger partial charge in [0, 0.05) is 8.95 Å². The molecule has 4 N–H and O–H groups in total. The van der Waals surface area contributed by atoms with Crippen LogP contribution >= 0.6 is 31.9 Å². The monoisotopic (exact) mass is 678 g/mol. The van der Waals surface area contributed by atoms with E-state index in [-0.39, 0.29) is 22.5 Å². The van der Waals surface area contributed by atoms with E-state index in [1.54, 1.807) is 37.4 Å². The molecule has 0 amide bonds. The normalized spacial score (nSPS) is 10.2. The summed E-state index contributed by atoms with van der Waals surface area (Å²) in [4.78, 5) is 14.8. The first-order valence-electron chi connectivity index (χ1n) is 11.2. The van der Waals surface area contributed by atoms with Crippen molar-refractivity contribution in [1.29, 1.82) is 0 Å². The fourth-order valence-electron chi connectivity index (χ4n) is 3.25. The number of oxazole rings is 1. The second-order valence-electron chi connectivity index (χ2n) is 7.77. The van der Waals surface area contributed by atoms with Crippen molar-refractivity contribution in [2.45, 2.75) is 0 Å². The lowest BCUT2D eigenvalue weighted by molar-refractivity contribution is 0.0693. The third-order valence-corrected chi connectivity index (χ3v) is 6.17. The first kappa shape index (κ1) is 30.4. The number of nitrogens with two attached hydrogens (primary N) is 1. The third kappa shape index (κ3) is 7.48. The van der Waals surface area contributed by atoms with E-state index in [1.165, 1.54) is 37.4 Å². The minimum Gasteiger partial charge on any atom is -0.506 e. The Morgan fingerprint density at radius 3 is 2.08 bits per heavy atom. The lowest BCUT2D eigenvalue weighted by Gasteiger charge is -2.05. The lowest BCUT2D eigenvalue weighted by Crippen LogP contribution is -1.99. The molecule has 208 valence electrons. The number of phenols is 1. The van der Waals surface area contributed by atoms with Gasteiger partial charge in [-0.25, -0.2) is 18.6 Å². The predicted octanol–water partition coefficient (Wildman–Crippen LogP) is 7.67. The minimum absolute atomic E-state index is 0.159. The van der Waals surface area contributed by atoms with E-state index in [1.807, 2.05) is 12.1 Å². The summed E-state index contributed by atoms with van der Waals surface area (Å²) < 4.78 is 43.2. The van der Waals surface area contributed by atoms with Crippen LogP contribution in [0.5, 0.6) is 17.2 Å². The number of hydrogen-bond donors (Lipinski definition) is 3. The molecule has 5 rings (SSSR count). The summed E-state index contributed by atoms with van der Waals surface area (Å²) >= 11 is 6.56. The van der Waals surface area contributed by atoms with E-state index in [4.69, 9.17) is 29.8 Å². The highest BCUT2D eigenvalue weighted by atomic mass is 79.9. The number of fused-ring (bicyclic) bond motifs is 1. The Kier molecular flexibility index (Phi) is 10.5. The number of aromatic hydroxyl groups is 1. The van der Waals surface area contributed by atoms with Gasteiger partial charge in [0.25, 0.3) is 0 Å². The molecule has 0 aliphatic carbocycles. The molecule has 0 aliphatic rings. The molecule has 4 aromatic carbocycles. The second-order valence-corrected chi connectivity index (χ2v) is 9.60. The molecule has 40 heavy (non-hydrogen) atoms. The molecule has 0 fully saturated rings. The topological polar surface area (TPSA) is 128 Å². The smallest absolute Gasteiger partial charge is 0.339 e. The van der Waals surface area contributed by atoms with E-state index in [0.717, 1.165) is 8.95 Å². The molecule has 12 heteroatoms. The molecule has 1 heterocycles. The number of para-hydroxylation sites is 2. The molecule has 0 radical (unpaired) electrons. The van der Waals surface area contributed by atoms with Gasteiger partial charge in [0.2, 0.25) is 5.89 Å². The van der Waals surface area contributed by atoms with Crippen LogP contribution in [-0.4, -0.2) is 35.4 Å². The standard InChI is InChI=1S/C14H9BrFNO2.C8H7BrO3.C6H6FNO/c1-18-11-6-5-8(15)7-9(11)14-17-13-10(16)3-2-4-12(13)19-14;1-12-7-3-2-5(9)4-6(7)8(10)11;7-4-2-1-3-5(9)6(4)8/h2-7H,1H3;2-4H,1H3,(H,10,11);1-3,9H,8H2. The average Bonchev–Trinajstić information content (AvgIpc) is 3.38. The Balaban J connectivity index is 0.000000180. The molecule has 8 nitrogen and oxygen atoms in total. The SMILES string of the molecule is COc1ccc(Br)cc1-c1nc2c(F)cccc2o1.COc1ccc(Br)cc1C(=O)O.Nc1c(O)cccc1F. The van der Waals surface area contributed by atoms with Gasteiger partial charge >= 0.3 is 5.97 Å². The number of aromatic carboxylic acids is 1. The van der Waals surface area contributed by atoms with Crippen molar-refractivity contribution in [3.05, 3.63) is 98.9 Å². The molecule has 0 atom stereocenters. The predicted molar refractivity (Wildman–Crippen MR) is 154 cm³/mol. The highest BCUT2D eigenvalue weighted by Crippen LogP contribution is 2.34. The largest absolute Gasteiger partial charge is 0.506 e. The maximum atomic E-state index is 13.6. The number of ether oxygens (including phenoxy) is 2. The number of carbonyl (C=O) groups is 1. The van der Waals surface area contributed by atoms with Crippen molar-refractivity contribution in [2.24, 2.45) is 0 Å². The summed E-state index contributed by atoms with van der Waals surface area (Å²) in [7, 11) is 3.01. The first-order valence-corrected chi connectivity index (χ1v) is 12.8. The van der Waals surface area contributed by atoms with Crippen LogP contribution in [0, 0.1) is 11.6 Å². The number of carboxylic acids is 1. The van der Waals surface area contributed by atoms with Crippen LogP contribution in [0.1, 0.15) is 10.4 Å². The van der Waals surface area contributed by atoms with E-state index in [9.17, 15) is 13.6 Å². The van der Waals surface area contributed by atoms with Crippen LogP contribution in [0.2, 0.25) is 0 Å². The second kappa shape index (κ2) is 13.8. The summed E-state index contributed by atoms with van der Waals surface area (Å²) in [5.41, 5.74) is 6.33. The molecule has 0 aliphatic heterocycles. The summed E-state index contributed by atoms with van der Waals surface area (Å²) in [5, 5.41) is 17.5. The van der Waals surface area contributed by atoms with Gasteiger partial charge in [-0.1, -0.05) is 44.0 Å². The number of anilines is 1. The zero-order valence-corrected chi connectivity index (χ0v) is 24.2. The van der Waals surface area contributed by atoms with Crippen molar-refractivity contribution in [3.8, 4) is 28.7 Å². The highest BCUT2D eigenvalue weighted by Gasteiger charge is 2.15. The van der Waals surface area contributed by atoms with Crippen LogP contribution < -0.4 is 15.2 Å². The Morgan fingerprint density at radius 1 is 0.900 bits per heavy atom.